The second kappa shape index (κ2) is 7.80. The molecule has 0 aromatic heterocycles. The highest BCUT2D eigenvalue weighted by atomic mass is 16.5. The molecule has 0 atom stereocenters. The van der Waals surface area contributed by atoms with E-state index in [1.807, 2.05) is 0 Å². The van der Waals surface area contributed by atoms with Crippen LogP contribution in [-0.2, 0) is 4.74 Å². The van der Waals surface area contributed by atoms with Crippen molar-refractivity contribution in [2.45, 2.75) is 33.6 Å². The van der Waals surface area contributed by atoms with E-state index in [1.54, 1.807) is 0 Å². The average molecular weight is 156 g/mol. The van der Waals surface area contributed by atoms with E-state index in [0.717, 1.165) is 32.0 Å². The molecule has 11 heavy (non-hydrogen) atoms. The summed E-state index contributed by atoms with van der Waals surface area (Å²) in [5, 5.41) is 0. The smallest absolute Gasteiger partial charge is 0.0647 e. The fourth-order valence-corrected chi connectivity index (χ4v) is 0.732. The minimum absolute atomic E-state index is 0.762. The third-order valence-corrected chi connectivity index (χ3v) is 1.34. The Morgan fingerprint density at radius 2 is 2.00 bits per heavy atom. The zero-order valence-corrected chi connectivity index (χ0v) is 7.97. The largest absolute Gasteiger partial charge is 0.377 e. The molecule has 0 saturated heterocycles. The van der Waals surface area contributed by atoms with Gasteiger partial charge in [0, 0.05) is 6.61 Å². The van der Waals surface area contributed by atoms with Gasteiger partial charge in [0.1, 0.15) is 0 Å². The van der Waals surface area contributed by atoms with Crippen LogP contribution < -0.4 is 0 Å². The lowest BCUT2D eigenvalue weighted by atomic mass is 10.1. The Bertz CT molecular complexity index is 95.0. The molecule has 0 heterocycles. The molecule has 0 aromatic rings. The summed E-state index contributed by atoms with van der Waals surface area (Å²) >= 11 is 0. The number of allylic oxidation sites excluding steroid dienone is 1. The molecule has 0 spiro atoms. The molecule has 0 aliphatic carbocycles. The van der Waals surface area contributed by atoms with Crippen LogP contribution in [0.4, 0.5) is 0 Å². The SMILES string of the molecule is CCCOCC=CCC(C)C. The number of hydrogen-bond acceptors (Lipinski definition) is 1. The third-order valence-electron chi connectivity index (χ3n) is 1.34. The number of rotatable bonds is 6. The van der Waals surface area contributed by atoms with E-state index in [0.29, 0.717) is 0 Å². The molecular formula is C10H20O. The van der Waals surface area contributed by atoms with Gasteiger partial charge in [0.05, 0.1) is 6.61 Å². The summed E-state index contributed by atoms with van der Waals surface area (Å²) in [6.07, 6.45) is 6.57. The van der Waals surface area contributed by atoms with E-state index in [1.165, 1.54) is 0 Å². The Morgan fingerprint density at radius 3 is 2.55 bits per heavy atom. The molecule has 0 aromatic carbocycles. The molecule has 0 rings (SSSR count). The van der Waals surface area contributed by atoms with E-state index in [2.05, 4.69) is 32.9 Å². The molecule has 0 saturated carbocycles. The van der Waals surface area contributed by atoms with Gasteiger partial charge in [-0.2, -0.15) is 0 Å². The molecule has 0 amide bonds. The first kappa shape index (κ1) is 10.7. The maximum absolute atomic E-state index is 5.28. The second-order valence-corrected chi connectivity index (χ2v) is 3.18. The van der Waals surface area contributed by atoms with Crippen molar-refractivity contribution in [1.29, 1.82) is 0 Å². The Balaban J connectivity index is 3.03. The lowest BCUT2D eigenvalue weighted by Crippen LogP contribution is -1.91. The van der Waals surface area contributed by atoms with Crippen LogP contribution in [0.3, 0.4) is 0 Å². The first-order valence-electron chi connectivity index (χ1n) is 4.50. The summed E-state index contributed by atoms with van der Waals surface area (Å²) in [6, 6.07) is 0. The van der Waals surface area contributed by atoms with E-state index in [4.69, 9.17) is 4.74 Å². The molecule has 0 N–H and O–H groups in total. The van der Waals surface area contributed by atoms with Crippen LogP contribution >= 0.6 is 0 Å². The highest BCUT2D eigenvalue weighted by Crippen LogP contribution is 1.99. The first-order chi connectivity index (χ1) is 5.27. The second-order valence-electron chi connectivity index (χ2n) is 3.18. The van der Waals surface area contributed by atoms with E-state index >= 15 is 0 Å². The first-order valence-corrected chi connectivity index (χ1v) is 4.50. The molecule has 0 unspecified atom stereocenters. The Labute approximate surface area is 70.4 Å². The zero-order valence-electron chi connectivity index (χ0n) is 7.97. The van der Waals surface area contributed by atoms with Gasteiger partial charge in [-0.1, -0.05) is 32.9 Å². The van der Waals surface area contributed by atoms with Crippen molar-refractivity contribution in [1.82, 2.24) is 0 Å². The van der Waals surface area contributed by atoms with Gasteiger partial charge in [-0.25, -0.2) is 0 Å². The van der Waals surface area contributed by atoms with E-state index in [9.17, 15) is 0 Å². The summed E-state index contributed by atoms with van der Waals surface area (Å²) in [7, 11) is 0. The van der Waals surface area contributed by atoms with Crippen molar-refractivity contribution in [3.8, 4) is 0 Å². The van der Waals surface area contributed by atoms with Gasteiger partial charge in [0.2, 0.25) is 0 Å². The van der Waals surface area contributed by atoms with Crippen molar-refractivity contribution in [2.24, 2.45) is 5.92 Å². The predicted octanol–water partition coefficient (Wildman–Crippen LogP) is 3.02. The molecule has 0 bridgehead atoms. The van der Waals surface area contributed by atoms with E-state index < -0.39 is 0 Å². The van der Waals surface area contributed by atoms with Crippen molar-refractivity contribution in [3.05, 3.63) is 12.2 Å². The van der Waals surface area contributed by atoms with Crippen LogP contribution in [-0.4, -0.2) is 13.2 Å². The Hall–Kier alpha value is -0.300. The summed E-state index contributed by atoms with van der Waals surface area (Å²) in [4.78, 5) is 0. The summed E-state index contributed by atoms with van der Waals surface area (Å²) in [5.41, 5.74) is 0. The average Bonchev–Trinajstić information content (AvgIpc) is 1.96. The summed E-state index contributed by atoms with van der Waals surface area (Å²) in [5.74, 6) is 0.762. The van der Waals surface area contributed by atoms with E-state index in [-0.39, 0.29) is 0 Å². The zero-order chi connectivity index (χ0) is 8.53. The molecule has 0 aliphatic heterocycles. The standard InChI is InChI=1S/C10H20O/c1-4-8-11-9-6-5-7-10(2)3/h5-6,10H,4,7-9H2,1-3H3. The Kier molecular flexibility index (Phi) is 7.59. The van der Waals surface area contributed by atoms with Gasteiger partial charge >= 0.3 is 0 Å². The minimum Gasteiger partial charge on any atom is -0.377 e. The van der Waals surface area contributed by atoms with Crippen molar-refractivity contribution in [3.63, 3.8) is 0 Å². The van der Waals surface area contributed by atoms with Crippen molar-refractivity contribution in [2.75, 3.05) is 13.2 Å². The highest BCUT2D eigenvalue weighted by Gasteiger charge is 1.86. The molecule has 1 nitrogen and oxygen atoms in total. The van der Waals surface area contributed by atoms with Crippen LogP contribution in [0.15, 0.2) is 12.2 Å². The van der Waals surface area contributed by atoms with Gasteiger partial charge in [-0.05, 0) is 18.8 Å². The van der Waals surface area contributed by atoms with Crippen LogP contribution in [0.2, 0.25) is 0 Å². The predicted molar refractivity (Wildman–Crippen MR) is 49.7 cm³/mol. The fraction of sp³-hybridized carbons (Fsp3) is 0.800. The molecule has 66 valence electrons. The summed E-state index contributed by atoms with van der Waals surface area (Å²) in [6.45, 7) is 8.22. The van der Waals surface area contributed by atoms with Gasteiger partial charge < -0.3 is 4.74 Å². The summed E-state index contributed by atoms with van der Waals surface area (Å²) < 4.78 is 5.28. The highest BCUT2D eigenvalue weighted by molar-refractivity contribution is 4.82. The van der Waals surface area contributed by atoms with Crippen molar-refractivity contribution >= 4 is 0 Å². The lowest BCUT2D eigenvalue weighted by molar-refractivity contribution is 0.163. The molecule has 1 heteroatoms. The van der Waals surface area contributed by atoms with Crippen molar-refractivity contribution < 1.29 is 4.74 Å². The molecular weight excluding hydrogens is 136 g/mol. The van der Waals surface area contributed by atoms with Crippen LogP contribution in [0.1, 0.15) is 33.6 Å². The monoisotopic (exact) mass is 156 g/mol. The van der Waals surface area contributed by atoms with Crippen LogP contribution in [0.5, 0.6) is 0 Å². The van der Waals surface area contributed by atoms with Crippen LogP contribution in [0, 0.1) is 5.92 Å². The van der Waals surface area contributed by atoms with Gasteiger partial charge in [0.15, 0.2) is 0 Å². The Morgan fingerprint density at radius 1 is 1.27 bits per heavy atom. The number of hydrogen-bond donors (Lipinski definition) is 0. The maximum Gasteiger partial charge on any atom is 0.0647 e. The lowest BCUT2D eigenvalue weighted by Gasteiger charge is -1.98. The minimum atomic E-state index is 0.762. The fourth-order valence-electron chi connectivity index (χ4n) is 0.732. The maximum atomic E-state index is 5.28. The molecule has 0 radical (unpaired) electrons. The molecule has 0 fully saturated rings. The number of ether oxygens (including phenoxy) is 1. The van der Waals surface area contributed by atoms with Gasteiger partial charge in [0.25, 0.3) is 0 Å². The van der Waals surface area contributed by atoms with Crippen LogP contribution in [0.25, 0.3) is 0 Å². The third kappa shape index (κ3) is 9.70. The van der Waals surface area contributed by atoms with Gasteiger partial charge in [-0.15, -0.1) is 0 Å². The topological polar surface area (TPSA) is 9.23 Å². The normalized spacial score (nSPS) is 11.6. The quantitative estimate of drug-likeness (QED) is 0.424. The molecule has 0 aliphatic rings. The van der Waals surface area contributed by atoms with Gasteiger partial charge in [-0.3, -0.25) is 0 Å².